The number of rotatable bonds is 3. The summed E-state index contributed by atoms with van der Waals surface area (Å²) in [7, 11) is -7.15. The van der Waals surface area contributed by atoms with Gasteiger partial charge in [0, 0.05) is 15.6 Å². The van der Waals surface area contributed by atoms with Gasteiger partial charge < -0.3 is 5.73 Å². The van der Waals surface area contributed by atoms with Crippen molar-refractivity contribution in [2.75, 3.05) is 11.5 Å². The highest BCUT2D eigenvalue weighted by Crippen LogP contribution is 2.27. The van der Waals surface area contributed by atoms with E-state index in [-0.39, 0.29) is 10.6 Å². The Morgan fingerprint density at radius 2 is 2.05 bits per heavy atom. The van der Waals surface area contributed by atoms with Crippen LogP contribution in [-0.2, 0) is 19.9 Å². The fourth-order valence-electron chi connectivity index (χ4n) is 1.87. The van der Waals surface area contributed by atoms with Gasteiger partial charge in [-0.2, -0.15) is 0 Å². The summed E-state index contributed by atoms with van der Waals surface area (Å²) in [5.41, 5.74) is 6.50. The van der Waals surface area contributed by atoms with E-state index in [2.05, 4.69) is 20.7 Å². The maximum absolute atomic E-state index is 12.3. The van der Waals surface area contributed by atoms with E-state index in [1.165, 1.54) is 12.1 Å². The van der Waals surface area contributed by atoms with Crippen LogP contribution in [0, 0.1) is 6.92 Å². The molecule has 0 aromatic heterocycles. The van der Waals surface area contributed by atoms with Crippen molar-refractivity contribution in [1.82, 2.24) is 4.72 Å². The van der Waals surface area contributed by atoms with E-state index < -0.39 is 25.9 Å². The number of nitrogens with two attached hydrogens (primary N) is 1. The van der Waals surface area contributed by atoms with Crippen molar-refractivity contribution in [2.24, 2.45) is 0 Å². The number of nitrogens with one attached hydrogen (secondary N) is 1. The second-order valence-electron chi connectivity index (χ2n) is 4.53. The summed E-state index contributed by atoms with van der Waals surface area (Å²) in [4.78, 5) is 0.0379. The first-order chi connectivity index (χ1) is 9.11. The van der Waals surface area contributed by atoms with E-state index in [0.29, 0.717) is 15.7 Å². The molecule has 0 radical (unpaired) electrons. The molecule has 0 bridgehead atoms. The molecule has 1 aliphatic heterocycles. The molecule has 3 N–H and O–H groups in total. The topological polar surface area (TPSA) is 106 Å². The number of anilines is 1. The Labute approximate surface area is 126 Å². The average Bonchev–Trinajstić information content (AvgIpc) is 2.62. The van der Waals surface area contributed by atoms with Crippen molar-refractivity contribution in [2.45, 2.75) is 17.9 Å². The Morgan fingerprint density at radius 1 is 1.40 bits per heavy atom. The normalized spacial score (nSPS) is 21.2. The van der Waals surface area contributed by atoms with Gasteiger partial charge in [-0.05, 0) is 40.5 Å². The molecule has 6 nitrogen and oxygen atoms in total. The molecule has 0 aliphatic carbocycles. The lowest BCUT2D eigenvalue weighted by molar-refractivity contribution is 0.574. The molecular weight excluding hydrogens is 368 g/mol. The summed E-state index contributed by atoms with van der Waals surface area (Å²) < 4.78 is 50.1. The number of halogens is 1. The van der Waals surface area contributed by atoms with E-state index in [0.717, 1.165) is 5.41 Å². The fraction of sp³-hybridized carbons (Fsp3) is 0.273. The molecule has 9 heteroatoms. The van der Waals surface area contributed by atoms with Gasteiger partial charge in [-0.25, -0.2) is 21.6 Å². The third-order valence-electron chi connectivity index (χ3n) is 2.82. The van der Waals surface area contributed by atoms with Gasteiger partial charge in [-0.1, -0.05) is 6.08 Å². The van der Waals surface area contributed by atoms with Crippen LogP contribution in [0.4, 0.5) is 5.69 Å². The SMILES string of the molecule is Cc1cc(Br)c(N)cc1S(=O)(=O)NC1C=CS(=O)(=O)C1. The Morgan fingerprint density at radius 3 is 2.60 bits per heavy atom. The minimum atomic E-state index is -3.83. The standard InChI is InChI=1S/C11H13BrN2O4S2/c1-7-4-9(12)10(13)5-11(7)20(17,18)14-8-2-3-19(15,16)6-8/h2-5,8,14H,6,13H2,1H3. The molecule has 20 heavy (non-hydrogen) atoms. The van der Waals surface area contributed by atoms with E-state index in [4.69, 9.17) is 5.73 Å². The maximum atomic E-state index is 12.3. The number of benzene rings is 1. The smallest absolute Gasteiger partial charge is 0.241 e. The molecule has 1 heterocycles. The Bertz CT molecular complexity index is 785. The molecule has 0 saturated heterocycles. The van der Waals surface area contributed by atoms with Crippen molar-refractivity contribution >= 4 is 41.5 Å². The second kappa shape index (κ2) is 5.14. The van der Waals surface area contributed by atoms with Gasteiger partial charge in [0.2, 0.25) is 10.0 Å². The molecule has 0 spiro atoms. The summed E-state index contributed by atoms with van der Waals surface area (Å²) in [5.74, 6) is -0.267. The average molecular weight is 381 g/mol. The second-order valence-corrected chi connectivity index (χ2v) is 8.99. The molecule has 1 unspecified atom stereocenters. The molecule has 1 aliphatic rings. The molecule has 1 aromatic rings. The summed E-state index contributed by atoms with van der Waals surface area (Å²) >= 11 is 3.22. The minimum absolute atomic E-state index is 0.0379. The molecule has 0 amide bonds. The summed E-state index contributed by atoms with van der Waals surface area (Å²) in [5, 5.41) is 1.02. The van der Waals surface area contributed by atoms with Crippen molar-refractivity contribution in [3.63, 3.8) is 0 Å². The van der Waals surface area contributed by atoms with Gasteiger partial charge in [0.1, 0.15) is 0 Å². The van der Waals surface area contributed by atoms with Gasteiger partial charge in [0.05, 0.1) is 16.7 Å². The highest BCUT2D eigenvalue weighted by Gasteiger charge is 2.27. The molecule has 0 fully saturated rings. The zero-order valence-electron chi connectivity index (χ0n) is 10.5. The van der Waals surface area contributed by atoms with Crippen LogP contribution in [0.1, 0.15) is 5.56 Å². The number of hydrogen-bond donors (Lipinski definition) is 2. The van der Waals surface area contributed by atoms with Crippen LogP contribution < -0.4 is 10.5 Å². The van der Waals surface area contributed by atoms with E-state index in [1.807, 2.05) is 0 Å². The number of aryl methyl sites for hydroxylation is 1. The zero-order valence-corrected chi connectivity index (χ0v) is 13.7. The molecule has 2 rings (SSSR count). The summed E-state index contributed by atoms with van der Waals surface area (Å²) in [6, 6.07) is 2.19. The molecule has 1 aromatic carbocycles. The number of sulfone groups is 1. The first-order valence-electron chi connectivity index (χ1n) is 5.60. The van der Waals surface area contributed by atoms with Crippen LogP contribution in [-0.4, -0.2) is 28.6 Å². The third-order valence-corrected chi connectivity index (χ3v) is 6.53. The lowest BCUT2D eigenvalue weighted by Crippen LogP contribution is -2.35. The number of hydrogen-bond acceptors (Lipinski definition) is 5. The van der Waals surface area contributed by atoms with Crippen molar-refractivity contribution in [3.05, 3.63) is 33.7 Å². The highest BCUT2D eigenvalue weighted by atomic mass is 79.9. The van der Waals surface area contributed by atoms with Gasteiger partial charge in [0.15, 0.2) is 9.84 Å². The largest absolute Gasteiger partial charge is 0.398 e. The van der Waals surface area contributed by atoms with Crippen LogP contribution in [0.25, 0.3) is 0 Å². The minimum Gasteiger partial charge on any atom is -0.398 e. The zero-order chi connectivity index (χ0) is 15.1. The predicted octanol–water partition coefficient (Wildman–Crippen LogP) is 0.929. The first kappa shape index (κ1) is 15.5. The number of sulfonamides is 1. The van der Waals surface area contributed by atoms with Crippen LogP contribution in [0.5, 0.6) is 0 Å². The maximum Gasteiger partial charge on any atom is 0.241 e. The highest BCUT2D eigenvalue weighted by molar-refractivity contribution is 9.10. The molecule has 0 saturated carbocycles. The lowest BCUT2D eigenvalue weighted by atomic mass is 10.2. The van der Waals surface area contributed by atoms with Gasteiger partial charge in [-0.3, -0.25) is 0 Å². The molecule has 110 valence electrons. The van der Waals surface area contributed by atoms with E-state index in [1.54, 1.807) is 13.0 Å². The Balaban J connectivity index is 2.33. The van der Waals surface area contributed by atoms with Crippen molar-refractivity contribution < 1.29 is 16.8 Å². The van der Waals surface area contributed by atoms with Crippen LogP contribution >= 0.6 is 15.9 Å². The van der Waals surface area contributed by atoms with Gasteiger partial charge in [0.25, 0.3) is 0 Å². The van der Waals surface area contributed by atoms with Crippen molar-refractivity contribution in [1.29, 1.82) is 0 Å². The van der Waals surface area contributed by atoms with Crippen LogP contribution in [0.15, 0.2) is 33.0 Å². The Kier molecular flexibility index (Phi) is 3.98. The molecule has 1 atom stereocenters. The van der Waals surface area contributed by atoms with Crippen LogP contribution in [0.3, 0.4) is 0 Å². The Hall–Kier alpha value is -0.900. The fourth-order valence-corrected chi connectivity index (χ4v) is 5.12. The van der Waals surface area contributed by atoms with Crippen LogP contribution in [0.2, 0.25) is 0 Å². The quantitative estimate of drug-likeness (QED) is 0.758. The number of nitrogen functional groups attached to an aromatic ring is 1. The monoisotopic (exact) mass is 380 g/mol. The van der Waals surface area contributed by atoms with Gasteiger partial charge >= 0.3 is 0 Å². The van der Waals surface area contributed by atoms with Gasteiger partial charge in [-0.15, -0.1) is 0 Å². The first-order valence-corrected chi connectivity index (χ1v) is 9.59. The predicted molar refractivity (Wildman–Crippen MR) is 80.3 cm³/mol. The lowest BCUT2D eigenvalue weighted by Gasteiger charge is -2.14. The van der Waals surface area contributed by atoms with E-state index >= 15 is 0 Å². The molecular formula is C11H13BrN2O4S2. The summed E-state index contributed by atoms with van der Waals surface area (Å²) in [6.07, 6.45) is 1.32. The third kappa shape index (κ3) is 3.22. The van der Waals surface area contributed by atoms with Crippen molar-refractivity contribution in [3.8, 4) is 0 Å². The van der Waals surface area contributed by atoms with E-state index in [9.17, 15) is 16.8 Å². The summed E-state index contributed by atoms with van der Waals surface area (Å²) in [6.45, 7) is 1.64.